The van der Waals surface area contributed by atoms with E-state index in [4.69, 9.17) is 38.3 Å². The van der Waals surface area contributed by atoms with Gasteiger partial charge in [-0.1, -0.05) is 315 Å². The van der Waals surface area contributed by atoms with Crippen LogP contribution in [0.2, 0.25) is 0 Å². The molecule has 0 spiro atoms. The smallest absolute Gasteiger partial charge is 0.0350 e. The number of hydrogen-bond acceptors (Lipinski definition) is 7. The third kappa shape index (κ3) is 31.2. The molecule has 11 N–H and O–H groups in total. The Morgan fingerprint density at radius 3 is 0.408 bits per heavy atom. The zero-order valence-corrected chi connectivity index (χ0v) is 65.3. The summed E-state index contributed by atoms with van der Waals surface area (Å²) < 4.78 is 0. The molecule has 0 aromatic heterocycles. The average molecular weight is 1770 g/mol. The quantitative estimate of drug-likeness (QED) is 0.0370. The number of para-hydroxylation sites is 4. The number of anilines is 4. The second kappa shape index (κ2) is 56.0. The number of nitrogens with two attached hydrogens (primary N) is 4. The Morgan fingerprint density at radius 2 is 0.296 bits per heavy atom. The Hall–Kier alpha value is -6.82. The zero-order valence-electron chi connectivity index (χ0n) is 54.7. The molecule has 520 valence electrons. The van der Waals surface area contributed by atoms with E-state index >= 15 is 0 Å². The molecule has 12 aromatic carbocycles. The normalized spacial score (nSPS) is 9.37. The van der Waals surface area contributed by atoms with Gasteiger partial charge in [0.2, 0.25) is 0 Å². The molecular formula is C79H84Cl2N4O7P4Re2-10. The van der Waals surface area contributed by atoms with Gasteiger partial charge in [-0.15, -0.1) is 0 Å². The molecule has 0 amide bonds. The van der Waals surface area contributed by atoms with E-state index in [0.29, 0.717) is 0 Å². The first-order chi connectivity index (χ1) is 44.4. The summed E-state index contributed by atoms with van der Waals surface area (Å²) in [4.78, 5) is 0. The van der Waals surface area contributed by atoms with Crippen LogP contribution in [-0.4, -0.2) is 36.6 Å². The Balaban J connectivity index is -0.00000116. The van der Waals surface area contributed by atoms with Crippen molar-refractivity contribution in [3.63, 3.8) is 0 Å². The minimum Gasteiger partial charge on any atom is -2.00 e. The van der Waals surface area contributed by atoms with Crippen molar-refractivity contribution in [3.05, 3.63) is 362 Å². The van der Waals surface area contributed by atoms with E-state index in [2.05, 4.69) is 291 Å². The van der Waals surface area contributed by atoms with Crippen molar-refractivity contribution in [2.45, 2.75) is 24.6 Å². The van der Waals surface area contributed by atoms with E-state index in [9.17, 15) is 0 Å². The maximum absolute atomic E-state index is 7.00. The van der Waals surface area contributed by atoms with Gasteiger partial charge in [0, 0.05) is 110 Å². The van der Waals surface area contributed by atoms with E-state index < -0.39 is 31.7 Å². The average Bonchev–Trinajstić information content (AvgIpc) is 0.877. The fourth-order valence-electron chi connectivity index (χ4n) is 9.58. The molecule has 0 aliphatic carbocycles. The monoisotopic (exact) mass is 1770 g/mol. The van der Waals surface area contributed by atoms with Crippen LogP contribution in [0, 0.1) is 0 Å². The molecule has 12 rings (SSSR count). The third-order valence-corrected chi connectivity index (χ3v) is 24.1. The Bertz CT molecular complexity index is 3190. The van der Waals surface area contributed by atoms with Crippen LogP contribution >= 0.6 is 31.7 Å². The third-order valence-electron chi connectivity index (χ3n) is 14.1. The molecule has 0 fully saturated rings. The molecule has 0 atom stereocenters. The Labute approximate surface area is 625 Å². The van der Waals surface area contributed by atoms with Gasteiger partial charge in [-0.2, -0.15) is 0 Å². The van der Waals surface area contributed by atoms with Crippen LogP contribution in [0.1, 0.15) is 22.3 Å². The van der Waals surface area contributed by atoms with Crippen LogP contribution in [0.3, 0.4) is 0 Å². The van der Waals surface area contributed by atoms with Crippen molar-refractivity contribution in [3.8, 4) is 0 Å². The second-order valence-electron chi connectivity index (χ2n) is 19.8. The van der Waals surface area contributed by atoms with Crippen molar-refractivity contribution in [2.24, 2.45) is 0 Å². The Morgan fingerprint density at radius 1 is 0.194 bits per heavy atom. The van der Waals surface area contributed by atoms with Crippen molar-refractivity contribution in [1.29, 1.82) is 0 Å². The van der Waals surface area contributed by atoms with Gasteiger partial charge in [0.05, 0.1) is 0 Å². The van der Waals surface area contributed by atoms with Crippen LogP contribution in [0.15, 0.2) is 340 Å². The molecule has 0 heterocycles. The summed E-state index contributed by atoms with van der Waals surface area (Å²) >= 11 is 0. The summed E-state index contributed by atoms with van der Waals surface area (Å²) in [6.45, 7) is 0. The molecule has 0 unspecified atom stereocenters. The van der Waals surface area contributed by atoms with E-state index in [1.54, 1.807) is 0 Å². The number of nitrogen functional groups attached to an aromatic ring is 4. The summed E-state index contributed by atoms with van der Waals surface area (Å²) in [5.74, 6) is 0. The van der Waals surface area contributed by atoms with Gasteiger partial charge in [-0.05, 0) is 121 Å². The van der Waals surface area contributed by atoms with E-state index in [0.717, 1.165) is 68.7 Å². The molecule has 98 heavy (non-hydrogen) atoms. The van der Waals surface area contributed by atoms with E-state index in [1.807, 2.05) is 48.5 Å². The molecule has 2 radical (unpaired) electrons. The van der Waals surface area contributed by atoms with Gasteiger partial charge >= 0.3 is 0 Å². The van der Waals surface area contributed by atoms with Crippen LogP contribution in [-0.2, 0) is 87.4 Å². The number of rotatable bonds is 16. The van der Waals surface area contributed by atoms with Gasteiger partial charge in [0.15, 0.2) is 0 Å². The maximum atomic E-state index is 7.00. The van der Waals surface area contributed by atoms with Crippen LogP contribution in [0.5, 0.6) is 0 Å². The minimum absolute atomic E-state index is 0. The molecule has 0 aliphatic rings. The van der Waals surface area contributed by atoms with Crippen LogP contribution in [0.25, 0.3) is 0 Å². The Kier molecular flexibility index (Phi) is 54.5. The van der Waals surface area contributed by atoms with Gasteiger partial charge in [-0.25, -0.2) is 0 Å². The molecule has 0 saturated carbocycles. The molecular weight excluding hydrogens is 1680 g/mol. The maximum Gasteiger partial charge on any atom is 0.0350 e. The number of benzene rings is 12. The fraction of sp³-hybridized carbons (Fsp3) is 0.0886. The first-order valence-corrected chi connectivity index (χ1v) is 35.7. The SMILES string of the molecule is CO.CO.CO.Nc1ccccc1CP(c1ccccc1)c1ccccc1.Nc1ccccc1CP(c1ccccc1)c1ccccc1.Nc1ccccc1CP(c1ccccc1)c1ccccc1.Nc1ccccc1CP(c1ccccc1)c1ccccc1.[Cl-].[Cl-].[O-2].[O-2].[O-2].[O-2].[Re].[Re]. The predicted octanol–water partition coefficient (Wildman–Crippen LogP) is 7.96. The van der Waals surface area contributed by atoms with Crippen molar-refractivity contribution in [1.82, 2.24) is 0 Å². The van der Waals surface area contributed by atoms with Gasteiger partial charge < -0.3 is 85.0 Å². The number of aliphatic hydroxyl groups is 3. The number of hydrogen-bond donors (Lipinski definition) is 7. The molecule has 12 aromatic rings. The minimum atomic E-state index is -0.423. The van der Waals surface area contributed by atoms with Gasteiger partial charge in [0.25, 0.3) is 0 Å². The first kappa shape index (κ1) is 95.4. The van der Waals surface area contributed by atoms with E-state index in [-0.39, 0.29) is 87.6 Å². The molecule has 0 aliphatic heterocycles. The van der Waals surface area contributed by atoms with Gasteiger partial charge in [-0.3, -0.25) is 0 Å². The van der Waals surface area contributed by atoms with Crippen LogP contribution in [0.4, 0.5) is 22.7 Å². The van der Waals surface area contributed by atoms with Crippen molar-refractivity contribution >= 4 is 96.9 Å². The second-order valence-corrected chi connectivity index (χ2v) is 28.6. The summed E-state index contributed by atoms with van der Waals surface area (Å²) in [6, 6.07) is 119. The summed E-state index contributed by atoms with van der Waals surface area (Å²) in [5, 5.41) is 32.1. The predicted molar refractivity (Wildman–Crippen MR) is 402 cm³/mol. The zero-order chi connectivity index (χ0) is 64.0. The summed E-state index contributed by atoms with van der Waals surface area (Å²) in [6.07, 6.45) is 3.93. The first-order valence-electron chi connectivity index (χ1n) is 29.6. The summed E-state index contributed by atoms with van der Waals surface area (Å²) in [5.41, 5.74) is 33.0. The standard InChI is InChI=1S/4C19H18NP.3CH4O.2ClH.4O.2Re/c4*20-19-14-8-7-9-16(19)15-21(17-10-3-1-4-11-17)18-12-5-2-6-13-18;3*1-2;;;;;;;;/h4*1-14H,15,20H2;3*2H,1H3;2*1H;;;;;;/q;;;;;;;;;4*-2;;/p-2. The number of aliphatic hydroxyl groups excluding tert-OH is 3. The van der Waals surface area contributed by atoms with Crippen molar-refractivity contribution < 1.29 is 103 Å². The molecule has 19 heteroatoms. The van der Waals surface area contributed by atoms with Crippen molar-refractivity contribution in [2.75, 3.05) is 44.3 Å². The summed E-state index contributed by atoms with van der Waals surface area (Å²) in [7, 11) is 1.31. The van der Waals surface area contributed by atoms with Gasteiger partial charge in [0.1, 0.15) is 0 Å². The molecule has 0 bridgehead atoms. The number of halogens is 2. The fourth-order valence-corrected chi connectivity index (χ4v) is 19.0. The largest absolute Gasteiger partial charge is 2.00 e. The topological polar surface area (TPSA) is 279 Å². The molecule has 11 nitrogen and oxygen atoms in total. The van der Waals surface area contributed by atoms with E-state index in [1.165, 1.54) is 64.7 Å². The molecule has 0 saturated heterocycles. The van der Waals surface area contributed by atoms with Crippen LogP contribution < -0.4 is 90.2 Å².